The molecular formula is C17H23NO4. The maximum absolute atomic E-state index is 12.8. The van der Waals surface area contributed by atoms with Gasteiger partial charge in [-0.2, -0.15) is 0 Å². The first-order valence-electron chi connectivity index (χ1n) is 7.59. The third-order valence-corrected chi connectivity index (χ3v) is 3.46. The Bertz CT molecular complexity index is 719. The number of phenols is 1. The Hall–Kier alpha value is -2.17. The van der Waals surface area contributed by atoms with Gasteiger partial charge in [0.05, 0.1) is 18.7 Å². The summed E-state index contributed by atoms with van der Waals surface area (Å²) in [6, 6.07) is 4.92. The molecule has 1 N–H and O–H groups in total. The molecule has 0 saturated carbocycles. The number of unbranched alkanes of at least 4 members (excludes halogenated alkanes) is 1. The number of benzene rings is 1. The monoisotopic (exact) mass is 305 g/mol. The van der Waals surface area contributed by atoms with Crippen molar-refractivity contribution in [2.45, 2.75) is 46.3 Å². The quantitative estimate of drug-likeness (QED) is 0.889. The predicted molar refractivity (Wildman–Crippen MR) is 87.1 cm³/mol. The summed E-state index contributed by atoms with van der Waals surface area (Å²) >= 11 is 0. The molecule has 1 aromatic carbocycles. The van der Waals surface area contributed by atoms with E-state index in [4.69, 9.17) is 9.47 Å². The average Bonchev–Trinajstić information content (AvgIpc) is 2.47. The van der Waals surface area contributed by atoms with Crippen LogP contribution in [0, 0.1) is 0 Å². The van der Waals surface area contributed by atoms with Crippen molar-refractivity contribution in [1.82, 2.24) is 4.57 Å². The summed E-state index contributed by atoms with van der Waals surface area (Å²) in [6.45, 7) is 6.39. The lowest BCUT2D eigenvalue weighted by atomic mass is 10.1. The number of methoxy groups -OCH3 is 1. The summed E-state index contributed by atoms with van der Waals surface area (Å²) in [7, 11) is 1.52. The van der Waals surface area contributed by atoms with E-state index in [-0.39, 0.29) is 23.2 Å². The number of phenolic OH excluding ortho intramolecular Hbond substituents is 1. The number of ether oxygens (including phenoxy) is 2. The molecule has 120 valence electrons. The third-order valence-electron chi connectivity index (χ3n) is 3.46. The maximum atomic E-state index is 12.8. The van der Waals surface area contributed by atoms with E-state index in [0.29, 0.717) is 17.8 Å². The standard InChI is InChI=1S/C17H23NO4/c1-5-6-9-18-14-10-12(19)7-8-13(14)15(21-4)16(17(18)20)22-11(2)3/h7-8,10-11,19H,5-6,9H2,1-4H3. The number of fused-ring (bicyclic) bond motifs is 1. The molecule has 0 aliphatic heterocycles. The van der Waals surface area contributed by atoms with Crippen LogP contribution in [0.3, 0.4) is 0 Å². The first kappa shape index (κ1) is 16.2. The van der Waals surface area contributed by atoms with Gasteiger partial charge in [-0.25, -0.2) is 0 Å². The highest BCUT2D eigenvalue weighted by Crippen LogP contribution is 2.34. The first-order chi connectivity index (χ1) is 10.5. The molecule has 5 heteroatoms. The Balaban J connectivity index is 2.80. The summed E-state index contributed by atoms with van der Waals surface area (Å²) < 4.78 is 12.8. The highest BCUT2D eigenvalue weighted by atomic mass is 16.5. The Kier molecular flexibility index (Phi) is 4.96. The summed E-state index contributed by atoms with van der Waals surface area (Å²) in [5.41, 5.74) is 0.434. The van der Waals surface area contributed by atoms with Crippen molar-refractivity contribution in [3.63, 3.8) is 0 Å². The topological polar surface area (TPSA) is 60.7 Å². The molecule has 0 aliphatic rings. The average molecular weight is 305 g/mol. The van der Waals surface area contributed by atoms with Crippen LogP contribution in [0.5, 0.6) is 17.2 Å². The van der Waals surface area contributed by atoms with Gasteiger partial charge in [0.2, 0.25) is 5.75 Å². The fourth-order valence-corrected chi connectivity index (χ4v) is 2.47. The third kappa shape index (κ3) is 3.03. The summed E-state index contributed by atoms with van der Waals surface area (Å²) in [5.74, 6) is 0.768. The molecule has 22 heavy (non-hydrogen) atoms. The summed E-state index contributed by atoms with van der Waals surface area (Å²) in [4.78, 5) is 12.8. The van der Waals surface area contributed by atoms with Crippen molar-refractivity contribution in [3.8, 4) is 17.2 Å². The van der Waals surface area contributed by atoms with Gasteiger partial charge in [0.1, 0.15) is 5.75 Å². The summed E-state index contributed by atoms with van der Waals surface area (Å²) in [6.07, 6.45) is 1.72. The van der Waals surface area contributed by atoms with E-state index in [9.17, 15) is 9.90 Å². The van der Waals surface area contributed by atoms with Crippen molar-refractivity contribution >= 4 is 10.9 Å². The van der Waals surface area contributed by atoms with Crippen LogP contribution in [0.2, 0.25) is 0 Å². The van der Waals surface area contributed by atoms with Crippen molar-refractivity contribution in [2.24, 2.45) is 0 Å². The molecule has 0 fully saturated rings. The normalized spacial score (nSPS) is 11.1. The van der Waals surface area contributed by atoms with Crippen molar-refractivity contribution in [2.75, 3.05) is 7.11 Å². The van der Waals surface area contributed by atoms with Crippen molar-refractivity contribution < 1.29 is 14.6 Å². The molecule has 0 aliphatic carbocycles. The van der Waals surface area contributed by atoms with E-state index in [1.54, 1.807) is 22.8 Å². The van der Waals surface area contributed by atoms with Crippen LogP contribution in [0.25, 0.3) is 10.9 Å². The molecule has 0 spiro atoms. The number of aryl methyl sites for hydroxylation is 1. The van der Waals surface area contributed by atoms with E-state index >= 15 is 0 Å². The van der Waals surface area contributed by atoms with E-state index in [2.05, 4.69) is 6.92 Å². The molecule has 0 radical (unpaired) electrons. The maximum Gasteiger partial charge on any atom is 0.297 e. The molecule has 0 amide bonds. The molecule has 0 bridgehead atoms. The van der Waals surface area contributed by atoms with E-state index in [1.165, 1.54) is 7.11 Å². The van der Waals surface area contributed by atoms with Gasteiger partial charge in [0, 0.05) is 18.0 Å². The van der Waals surface area contributed by atoms with Crippen LogP contribution >= 0.6 is 0 Å². The van der Waals surface area contributed by atoms with Crippen LogP contribution in [0.1, 0.15) is 33.6 Å². The van der Waals surface area contributed by atoms with Crippen LogP contribution in [0.4, 0.5) is 0 Å². The second kappa shape index (κ2) is 6.73. The molecule has 1 aromatic heterocycles. The Morgan fingerprint density at radius 3 is 2.59 bits per heavy atom. The van der Waals surface area contributed by atoms with Crippen molar-refractivity contribution in [1.29, 1.82) is 0 Å². The van der Waals surface area contributed by atoms with Crippen LogP contribution in [-0.2, 0) is 6.54 Å². The van der Waals surface area contributed by atoms with Gasteiger partial charge in [-0.05, 0) is 32.4 Å². The second-order valence-electron chi connectivity index (χ2n) is 5.54. The van der Waals surface area contributed by atoms with E-state index < -0.39 is 0 Å². The van der Waals surface area contributed by atoms with Crippen LogP contribution < -0.4 is 15.0 Å². The van der Waals surface area contributed by atoms with E-state index in [1.807, 2.05) is 13.8 Å². The SMILES string of the molecule is CCCCn1c(=O)c(OC(C)C)c(OC)c2ccc(O)cc21. The van der Waals surface area contributed by atoms with Crippen molar-refractivity contribution in [3.05, 3.63) is 28.6 Å². The largest absolute Gasteiger partial charge is 0.508 e. The number of rotatable bonds is 6. The number of aromatic hydroxyl groups is 1. The number of pyridine rings is 1. The highest BCUT2D eigenvalue weighted by Gasteiger charge is 2.20. The lowest BCUT2D eigenvalue weighted by molar-refractivity contribution is 0.226. The smallest absolute Gasteiger partial charge is 0.297 e. The molecule has 0 unspecified atom stereocenters. The first-order valence-corrected chi connectivity index (χ1v) is 7.59. The fourth-order valence-electron chi connectivity index (χ4n) is 2.47. The zero-order valence-electron chi connectivity index (χ0n) is 13.5. The molecule has 0 saturated heterocycles. The van der Waals surface area contributed by atoms with E-state index in [0.717, 1.165) is 18.2 Å². The zero-order chi connectivity index (χ0) is 16.3. The van der Waals surface area contributed by atoms with Crippen LogP contribution in [-0.4, -0.2) is 22.9 Å². The van der Waals surface area contributed by atoms with Gasteiger partial charge in [0.15, 0.2) is 5.75 Å². The molecule has 1 heterocycles. The molecule has 2 rings (SSSR count). The second-order valence-corrected chi connectivity index (χ2v) is 5.54. The minimum Gasteiger partial charge on any atom is -0.508 e. The van der Waals surface area contributed by atoms with Crippen LogP contribution in [0.15, 0.2) is 23.0 Å². The summed E-state index contributed by atoms with van der Waals surface area (Å²) in [5, 5.41) is 10.5. The van der Waals surface area contributed by atoms with Gasteiger partial charge in [-0.15, -0.1) is 0 Å². The van der Waals surface area contributed by atoms with Gasteiger partial charge in [-0.1, -0.05) is 13.3 Å². The highest BCUT2D eigenvalue weighted by molar-refractivity contribution is 5.89. The number of hydrogen-bond donors (Lipinski definition) is 1. The number of nitrogens with zero attached hydrogens (tertiary/aromatic N) is 1. The fraction of sp³-hybridized carbons (Fsp3) is 0.471. The Morgan fingerprint density at radius 2 is 2.00 bits per heavy atom. The lowest BCUT2D eigenvalue weighted by Crippen LogP contribution is -2.25. The minimum absolute atomic E-state index is 0.122. The predicted octanol–water partition coefficient (Wildman–Crippen LogP) is 3.30. The molecule has 5 nitrogen and oxygen atoms in total. The molecular weight excluding hydrogens is 282 g/mol. The minimum atomic E-state index is -0.225. The Morgan fingerprint density at radius 1 is 1.27 bits per heavy atom. The zero-order valence-corrected chi connectivity index (χ0v) is 13.5. The number of aromatic nitrogens is 1. The van der Waals surface area contributed by atoms with Gasteiger partial charge in [-0.3, -0.25) is 4.79 Å². The van der Waals surface area contributed by atoms with Gasteiger partial charge >= 0.3 is 0 Å². The lowest BCUT2D eigenvalue weighted by Gasteiger charge is -2.18. The molecule has 0 atom stereocenters. The van der Waals surface area contributed by atoms with Gasteiger partial charge in [0.25, 0.3) is 5.56 Å². The Labute approximate surface area is 130 Å². The van der Waals surface area contributed by atoms with Gasteiger partial charge < -0.3 is 19.1 Å². The molecule has 2 aromatic rings. The number of hydrogen-bond acceptors (Lipinski definition) is 4.